The molecule has 1 nitrogen and oxygen atoms in total. The minimum atomic E-state index is 0.498. The number of allylic oxidation sites excluding steroid dienone is 9. The second kappa shape index (κ2) is 16.8. The van der Waals surface area contributed by atoms with Crippen molar-refractivity contribution >= 4 is 5.71 Å². The first-order valence-corrected chi connectivity index (χ1v) is 10.8. The second-order valence-corrected chi connectivity index (χ2v) is 5.29. The summed E-state index contributed by atoms with van der Waals surface area (Å²) in [5.74, 6) is 1.02. The van der Waals surface area contributed by atoms with Crippen LogP contribution >= 0.6 is 0 Å². The van der Waals surface area contributed by atoms with Crippen LogP contribution in [-0.2, 0) is 0 Å². The molecule has 0 saturated carbocycles. The highest BCUT2D eigenvalue weighted by Gasteiger charge is 2.34. The quantitative estimate of drug-likeness (QED) is 0.422. The van der Waals surface area contributed by atoms with E-state index in [0.29, 0.717) is 11.8 Å². The SMILES string of the molecule is CC.CC.CC.CC.CC1=CCCC=C1C1=[N+](C)C=CC2C=CC=CC12. The monoisotopic (exact) mass is 358 g/mol. The standard InChI is InChI=1S/C17H20N.4C2H6/c1-13-7-3-5-9-15(13)17-16-10-6-4-8-14(16)11-12-18(17)2;4*1-2/h4,6-12,14,16H,3,5H2,1-2H3;4*1-2H3/q+1;;;;. The van der Waals surface area contributed by atoms with Crippen LogP contribution in [0.25, 0.3) is 0 Å². The normalized spacial score (nSPS) is 21.8. The molecular weight excluding hydrogens is 314 g/mol. The maximum atomic E-state index is 2.41. The average Bonchev–Trinajstić information content (AvgIpc) is 2.75. The Balaban J connectivity index is 0. The van der Waals surface area contributed by atoms with Crippen molar-refractivity contribution in [2.75, 3.05) is 7.05 Å². The molecule has 0 amide bonds. The summed E-state index contributed by atoms with van der Waals surface area (Å²) in [4.78, 5) is 0. The molecule has 0 saturated heterocycles. The summed E-state index contributed by atoms with van der Waals surface area (Å²) in [6.45, 7) is 18.2. The first-order chi connectivity index (χ1) is 12.8. The molecule has 148 valence electrons. The Labute approximate surface area is 164 Å². The summed E-state index contributed by atoms with van der Waals surface area (Å²) in [6, 6.07) is 0. The molecule has 0 fully saturated rings. The van der Waals surface area contributed by atoms with E-state index in [2.05, 4.69) is 67.3 Å². The molecule has 3 rings (SSSR count). The van der Waals surface area contributed by atoms with Gasteiger partial charge in [0.05, 0.1) is 5.92 Å². The molecule has 0 aromatic rings. The predicted molar refractivity (Wildman–Crippen MR) is 122 cm³/mol. The molecule has 0 radical (unpaired) electrons. The molecule has 0 aromatic heterocycles. The minimum absolute atomic E-state index is 0.498. The molecule has 3 aliphatic rings. The van der Waals surface area contributed by atoms with E-state index in [4.69, 9.17) is 0 Å². The molecular formula is C25H44N+. The van der Waals surface area contributed by atoms with Gasteiger partial charge >= 0.3 is 0 Å². The van der Waals surface area contributed by atoms with E-state index in [0.717, 1.165) is 0 Å². The molecule has 0 spiro atoms. The maximum Gasteiger partial charge on any atom is 0.196 e. The van der Waals surface area contributed by atoms with Crippen molar-refractivity contribution < 1.29 is 4.58 Å². The summed E-state index contributed by atoms with van der Waals surface area (Å²) in [6.07, 6.45) is 20.6. The topological polar surface area (TPSA) is 3.01 Å². The van der Waals surface area contributed by atoms with Crippen LogP contribution in [0.4, 0.5) is 0 Å². The minimum Gasteiger partial charge on any atom is -0.204 e. The van der Waals surface area contributed by atoms with Gasteiger partial charge in [0.1, 0.15) is 7.05 Å². The van der Waals surface area contributed by atoms with E-state index in [9.17, 15) is 0 Å². The van der Waals surface area contributed by atoms with Gasteiger partial charge in [0.15, 0.2) is 11.9 Å². The third-order valence-electron chi connectivity index (χ3n) is 4.07. The highest BCUT2D eigenvalue weighted by Crippen LogP contribution is 2.32. The van der Waals surface area contributed by atoms with Crippen LogP contribution in [0, 0.1) is 11.8 Å². The van der Waals surface area contributed by atoms with Gasteiger partial charge in [-0.05, 0) is 31.4 Å². The summed E-state index contributed by atoms with van der Waals surface area (Å²) in [7, 11) is 2.16. The number of hydrogen-bond acceptors (Lipinski definition) is 0. The second-order valence-electron chi connectivity index (χ2n) is 5.29. The number of fused-ring (bicyclic) bond motifs is 1. The smallest absolute Gasteiger partial charge is 0.196 e. The van der Waals surface area contributed by atoms with Crippen molar-refractivity contribution in [3.63, 3.8) is 0 Å². The average molecular weight is 359 g/mol. The van der Waals surface area contributed by atoms with Gasteiger partial charge in [-0.2, -0.15) is 0 Å². The number of nitrogens with zero attached hydrogens (tertiary/aromatic N) is 1. The first kappa shape index (κ1) is 26.6. The molecule has 2 unspecified atom stereocenters. The van der Waals surface area contributed by atoms with Crippen LogP contribution in [0.5, 0.6) is 0 Å². The lowest BCUT2D eigenvalue weighted by molar-refractivity contribution is -0.427. The molecule has 1 aliphatic heterocycles. The fraction of sp³-hybridized carbons (Fsp3) is 0.560. The van der Waals surface area contributed by atoms with Gasteiger partial charge in [-0.1, -0.05) is 91.8 Å². The van der Waals surface area contributed by atoms with Gasteiger partial charge < -0.3 is 0 Å². The van der Waals surface area contributed by atoms with Crippen molar-refractivity contribution in [2.45, 2.75) is 75.2 Å². The van der Waals surface area contributed by atoms with E-state index >= 15 is 0 Å². The number of hydrogen-bond donors (Lipinski definition) is 0. The largest absolute Gasteiger partial charge is 0.204 e. The maximum absolute atomic E-state index is 2.41. The molecule has 26 heavy (non-hydrogen) atoms. The molecule has 0 bridgehead atoms. The highest BCUT2D eigenvalue weighted by atomic mass is 15.0. The summed E-state index contributed by atoms with van der Waals surface area (Å²) < 4.78 is 2.29. The van der Waals surface area contributed by atoms with Crippen LogP contribution in [-0.4, -0.2) is 17.3 Å². The Bertz CT molecular complexity index is 539. The van der Waals surface area contributed by atoms with Gasteiger partial charge in [0, 0.05) is 11.5 Å². The lowest BCUT2D eigenvalue weighted by Gasteiger charge is -2.26. The van der Waals surface area contributed by atoms with Gasteiger partial charge in [0.2, 0.25) is 0 Å². The lowest BCUT2D eigenvalue weighted by atomic mass is 9.78. The van der Waals surface area contributed by atoms with Gasteiger partial charge in [0.25, 0.3) is 0 Å². The number of rotatable bonds is 1. The predicted octanol–water partition coefficient (Wildman–Crippen LogP) is 7.73. The summed E-state index contributed by atoms with van der Waals surface area (Å²) in [5.41, 5.74) is 4.33. The Kier molecular flexibility index (Phi) is 17.2. The lowest BCUT2D eigenvalue weighted by Crippen LogP contribution is -2.32. The summed E-state index contributed by atoms with van der Waals surface area (Å²) in [5, 5.41) is 0. The zero-order chi connectivity index (χ0) is 20.5. The highest BCUT2D eigenvalue weighted by molar-refractivity contribution is 6.04. The third kappa shape index (κ3) is 7.32. The molecule has 0 aromatic carbocycles. The van der Waals surface area contributed by atoms with E-state index < -0.39 is 0 Å². The fourth-order valence-electron chi connectivity index (χ4n) is 3.10. The van der Waals surface area contributed by atoms with Crippen molar-refractivity contribution in [3.8, 4) is 0 Å². The van der Waals surface area contributed by atoms with Crippen molar-refractivity contribution in [1.29, 1.82) is 0 Å². The molecule has 2 atom stereocenters. The van der Waals surface area contributed by atoms with Crippen LogP contribution in [0.1, 0.15) is 75.2 Å². The van der Waals surface area contributed by atoms with Gasteiger partial charge in [-0.3, -0.25) is 0 Å². The molecule has 1 heterocycles. The third-order valence-corrected chi connectivity index (χ3v) is 4.07. The van der Waals surface area contributed by atoms with Crippen LogP contribution in [0.3, 0.4) is 0 Å². The van der Waals surface area contributed by atoms with E-state index in [-0.39, 0.29) is 0 Å². The Morgan fingerprint density at radius 1 is 0.769 bits per heavy atom. The van der Waals surface area contributed by atoms with E-state index in [1.807, 2.05) is 55.4 Å². The zero-order valence-electron chi connectivity index (χ0n) is 19.1. The fourth-order valence-corrected chi connectivity index (χ4v) is 3.10. The Morgan fingerprint density at radius 2 is 1.31 bits per heavy atom. The Morgan fingerprint density at radius 3 is 1.88 bits per heavy atom. The Hall–Kier alpha value is -1.63. The molecule has 2 aliphatic carbocycles. The zero-order valence-corrected chi connectivity index (χ0v) is 19.1. The van der Waals surface area contributed by atoms with Crippen molar-refractivity contribution in [1.82, 2.24) is 0 Å². The van der Waals surface area contributed by atoms with Crippen LogP contribution < -0.4 is 0 Å². The van der Waals surface area contributed by atoms with Crippen molar-refractivity contribution in [2.24, 2.45) is 11.8 Å². The van der Waals surface area contributed by atoms with E-state index in [1.54, 1.807) is 0 Å². The van der Waals surface area contributed by atoms with Crippen molar-refractivity contribution in [3.05, 3.63) is 59.9 Å². The van der Waals surface area contributed by atoms with Gasteiger partial charge in [-0.25, -0.2) is 4.58 Å². The van der Waals surface area contributed by atoms with E-state index in [1.165, 1.54) is 29.7 Å². The molecule has 1 heteroatoms. The molecule has 0 N–H and O–H groups in total. The van der Waals surface area contributed by atoms with Crippen LogP contribution in [0.15, 0.2) is 59.9 Å². The van der Waals surface area contributed by atoms with Crippen LogP contribution in [0.2, 0.25) is 0 Å². The summed E-state index contributed by atoms with van der Waals surface area (Å²) >= 11 is 0. The van der Waals surface area contributed by atoms with Gasteiger partial charge in [-0.15, -0.1) is 0 Å². The first-order valence-electron chi connectivity index (χ1n) is 10.8.